The van der Waals surface area contributed by atoms with E-state index in [2.05, 4.69) is 67.4 Å². The van der Waals surface area contributed by atoms with Crippen molar-refractivity contribution in [1.82, 2.24) is 9.97 Å². The molecule has 0 aliphatic heterocycles. The molecule has 0 saturated heterocycles. The molecule has 1 aromatic heterocycles. The second kappa shape index (κ2) is 5.97. The third-order valence-electron chi connectivity index (χ3n) is 3.58. The summed E-state index contributed by atoms with van der Waals surface area (Å²) in [6.45, 7) is 5.63. The highest BCUT2D eigenvalue weighted by Gasteiger charge is 2.27. The fourth-order valence-electron chi connectivity index (χ4n) is 2.06. The number of halogens is 2. The molecule has 0 aromatic carbocycles. The predicted molar refractivity (Wildman–Crippen MR) is 93.1 cm³/mol. The van der Waals surface area contributed by atoms with Crippen LogP contribution >= 0.6 is 45.2 Å². The molecule has 1 atom stereocenters. The summed E-state index contributed by atoms with van der Waals surface area (Å²) in [7, 11) is 0. The Kier molecular flexibility index (Phi) is 4.92. The molecule has 106 valence electrons. The first-order valence-corrected chi connectivity index (χ1v) is 8.67. The molecule has 2 N–H and O–H groups in total. The zero-order chi connectivity index (χ0) is 14.2. The van der Waals surface area contributed by atoms with Gasteiger partial charge in [-0.05, 0) is 84.7 Å². The minimum atomic E-state index is -1.01. The maximum absolute atomic E-state index is 10.1. The lowest BCUT2D eigenvalue weighted by Crippen LogP contribution is -2.32. The highest BCUT2D eigenvalue weighted by atomic mass is 127. The average Bonchev–Trinajstić information content (AvgIpc) is 2.20. The van der Waals surface area contributed by atoms with Crippen LogP contribution in [0.5, 0.6) is 0 Å². The van der Waals surface area contributed by atoms with Gasteiger partial charge in [-0.15, -0.1) is 0 Å². The van der Waals surface area contributed by atoms with E-state index in [0.29, 0.717) is 11.9 Å². The van der Waals surface area contributed by atoms with Crippen molar-refractivity contribution in [2.45, 2.75) is 51.7 Å². The number of aromatic nitrogens is 2. The quantitative estimate of drug-likeness (QED) is 0.505. The van der Waals surface area contributed by atoms with Crippen molar-refractivity contribution >= 4 is 51.0 Å². The Balaban J connectivity index is 2.25. The zero-order valence-electron chi connectivity index (χ0n) is 11.4. The predicted octanol–water partition coefficient (Wildman–Crippen LogP) is 3.51. The Labute approximate surface area is 141 Å². The van der Waals surface area contributed by atoms with E-state index in [1.807, 2.05) is 0 Å². The van der Waals surface area contributed by atoms with Crippen LogP contribution in [0.15, 0.2) is 0 Å². The molecule has 0 spiro atoms. The summed E-state index contributed by atoms with van der Waals surface area (Å²) < 4.78 is 1.91. The van der Waals surface area contributed by atoms with Crippen LogP contribution in [0.2, 0.25) is 0 Å². The van der Waals surface area contributed by atoms with Gasteiger partial charge in [-0.2, -0.15) is 0 Å². The minimum Gasteiger partial charge on any atom is -0.382 e. The van der Waals surface area contributed by atoms with Gasteiger partial charge in [0.15, 0.2) is 5.82 Å². The molecule has 1 fully saturated rings. The number of nitrogens with zero attached hydrogens (tertiary/aromatic N) is 2. The first-order chi connectivity index (χ1) is 8.79. The van der Waals surface area contributed by atoms with Crippen molar-refractivity contribution < 1.29 is 5.11 Å². The second-order valence-electron chi connectivity index (χ2n) is 5.68. The van der Waals surface area contributed by atoms with Crippen LogP contribution < -0.4 is 5.32 Å². The molecule has 6 heteroatoms. The monoisotopic (exact) mass is 487 g/mol. The first kappa shape index (κ1) is 15.7. The van der Waals surface area contributed by atoms with Gasteiger partial charge in [0, 0.05) is 6.04 Å². The van der Waals surface area contributed by atoms with Gasteiger partial charge in [-0.25, -0.2) is 9.97 Å². The van der Waals surface area contributed by atoms with Crippen molar-refractivity contribution in [2.75, 3.05) is 5.32 Å². The standard InChI is InChI=1S/C13H19I2N3O/c1-7(8-5-4-6-8)16-11-9(14)10(15)17-12(18-11)13(2,3)19/h7-8,19H,4-6H2,1-3H3,(H,16,17,18)/t7-/m1/s1. The van der Waals surface area contributed by atoms with E-state index in [1.165, 1.54) is 19.3 Å². The van der Waals surface area contributed by atoms with Crippen molar-refractivity contribution in [3.05, 3.63) is 13.1 Å². The number of hydrogen-bond acceptors (Lipinski definition) is 4. The molecule has 1 aliphatic carbocycles. The summed E-state index contributed by atoms with van der Waals surface area (Å²) in [4.78, 5) is 8.87. The van der Waals surface area contributed by atoms with Gasteiger partial charge in [0.25, 0.3) is 0 Å². The number of anilines is 1. The third-order valence-corrected chi connectivity index (χ3v) is 6.41. The van der Waals surface area contributed by atoms with Crippen LogP contribution in [0.4, 0.5) is 5.82 Å². The van der Waals surface area contributed by atoms with Gasteiger partial charge < -0.3 is 10.4 Å². The molecule has 4 nitrogen and oxygen atoms in total. The number of aliphatic hydroxyl groups is 1. The molecular formula is C13H19I2N3O. The van der Waals surface area contributed by atoms with E-state index < -0.39 is 5.60 Å². The molecule has 0 bridgehead atoms. The van der Waals surface area contributed by atoms with Crippen LogP contribution in [0.25, 0.3) is 0 Å². The molecule has 19 heavy (non-hydrogen) atoms. The Hall–Kier alpha value is 0.300. The van der Waals surface area contributed by atoms with Crippen LogP contribution in [0.1, 0.15) is 45.9 Å². The van der Waals surface area contributed by atoms with Gasteiger partial charge in [-0.3, -0.25) is 0 Å². The van der Waals surface area contributed by atoms with Crippen molar-refractivity contribution in [3.63, 3.8) is 0 Å². The molecule has 0 amide bonds. The summed E-state index contributed by atoms with van der Waals surface area (Å²) in [5.41, 5.74) is -1.01. The smallest absolute Gasteiger partial charge is 0.162 e. The van der Waals surface area contributed by atoms with E-state index in [9.17, 15) is 5.11 Å². The Morgan fingerprint density at radius 1 is 1.32 bits per heavy atom. The summed E-state index contributed by atoms with van der Waals surface area (Å²) in [6.07, 6.45) is 3.93. The Morgan fingerprint density at radius 3 is 2.42 bits per heavy atom. The van der Waals surface area contributed by atoms with Crippen LogP contribution in [-0.4, -0.2) is 21.1 Å². The number of nitrogens with one attached hydrogen (secondary N) is 1. The van der Waals surface area contributed by atoms with Crippen molar-refractivity contribution in [3.8, 4) is 0 Å². The van der Waals surface area contributed by atoms with E-state index in [4.69, 9.17) is 0 Å². The fourth-order valence-corrected chi connectivity index (χ4v) is 2.94. The highest BCUT2D eigenvalue weighted by molar-refractivity contribution is 14.1. The molecule has 1 heterocycles. The first-order valence-electron chi connectivity index (χ1n) is 6.51. The average molecular weight is 487 g/mol. The third kappa shape index (κ3) is 3.69. The molecule has 1 saturated carbocycles. The number of hydrogen-bond donors (Lipinski definition) is 2. The topological polar surface area (TPSA) is 58.0 Å². The molecule has 1 aliphatic rings. The highest BCUT2D eigenvalue weighted by Crippen LogP contribution is 2.32. The van der Waals surface area contributed by atoms with Gasteiger partial charge in [0.1, 0.15) is 15.1 Å². The molecule has 2 rings (SSSR count). The van der Waals surface area contributed by atoms with Gasteiger partial charge in [0.2, 0.25) is 0 Å². The minimum absolute atomic E-state index is 0.419. The molecular weight excluding hydrogens is 468 g/mol. The maximum Gasteiger partial charge on any atom is 0.162 e. The lowest BCUT2D eigenvalue weighted by molar-refractivity contribution is 0.0685. The molecule has 1 aromatic rings. The Morgan fingerprint density at radius 2 is 1.95 bits per heavy atom. The molecule has 0 unspecified atom stereocenters. The van der Waals surface area contributed by atoms with E-state index >= 15 is 0 Å². The Bertz CT molecular complexity index is 470. The zero-order valence-corrected chi connectivity index (χ0v) is 15.7. The van der Waals surface area contributed by atoms with Gasteiger partial charge in [0.05, 0.1) is 3.57 Å². The van der Waals surface area contributed by atoms with Crippen LogP contribution in [0.3, 0.4) is 0 Å². The van der Waals surface area contributed by atoms with Crippen molar-refractivity contribution in [1.29, 1.82) is 0 Å². The van der Waals surface area contributed by atoms with E-state index in [-0.39, 0.29) is 0 Å². The van der Waals surface area contributed by atoms with Crippen molar-refractivity contribution in [2.24, 2.45) is 5.92 Å². The largest absolute Gasteiger partial charge is 0.382 e. The fraction of sp³-hybridized carbons (Fsp3) is 0.692. The van der Waals surface area contributed by atoms with E-state index in [1.54, 1.807) is 13.8 Å². The van der Waals surface area contributed by atoms with Crippen LogP contribution in [0, 0.1) is 13.2 Å². The lowest BCUT2D eigenvalue weighted by Gasteiger charge is -2.32. The summed E-state index contributed by atoms with van der Waals surface area (Å²) in [6, 6.07) is 0.419. The second-order valence-corrected chi connectivity index (χ2v) is 7.78. The summed E-state index contributed by atoms with van der Waals surface area (Å²) in [5, 5.41) is 13.6. The summed E-state index contributed by atoms with van der Waals surface area (Å²) >= 11 is 4.45. The summed E-state index contributed by atoms with van der Waals surface area (Å²) in [5.74, 6) is 2.06. The maximum atomic E-state index is 10.1. The van der Waals surface area contributed by atoms with Crippen LogP contribution in [-0.2, 0) is 5.60 Å². The number of rotatable bonds is 4. The van der Waals surface area contributed by atoms with E-state index in [0.717, 1.165) is 19.0 Å². The van der Waals surface area contributed by atoms with Gasteiger partial charge >= 0.3 is 0 Å². The van der Waals surface area contributed by atoms with Gasteiger partial charge in [-0.1, -0.05) is 6.42 Å². The lowest BCUT2D eigenvalue weighted by atomic mass is 9.80. The molecule has 0 radical (unpaired) electrons. The normalized spacial score (nSPS) is 18.0. The SMILES string of the molecule is C[C@@H](Nc1nc(C(C)(C)O)nc(I)c1I)C1CCC1.